The van der Waals surface area contributed by atoms with Crippen LogP contribution < -0.4 is 14.2 Å². The SMILES string of the molecule is CCc1[nH]cc[n+]1C.CCc1[nH]cc[n+]1C.O=C([O-])C(F)(F)F.O=S(=O)([N-]S(=O)(=O)C(F)(F)F)C(F)(F)F. The summed E-state index contributed by atoms with van der Waals surface area (Å²) in [5.41, 5.74) is -12.4. The minimum absolute atomic E-state index is 0.778. The smallest absolute Gasteiger partial charge is 0.480 e. The summed E-state index contributed by atoms with van der Waals surface area (Å²) in [5, 5.41) is 8.78. The fraction of sp³-hybridized carbons (Fsp3) is 0.562. The number of nitrogens with zero attached hydrogens (tertiary/aromatic N) is 3. The topological polar surface area (TPSA) is 162 Å². The summed E-state index contributed by atoms with van der Waals surface area (Å²) >= 11 is 0. The highest BCUT2D eigenvalue weighted by Gasteiger charge is 2.46. The van der Waals surface area contributed by atoms with Crippen LogP contribution in [0.15, 0.2) is 24.8 Å². The van der Waals surface area contributed by atoms with Crippen molar-refractivity contribution in [1.82, 2.24) is 9.97 Å². The average molecular weight is 615 g/mol. The number of hydrogen-bond acceptors (Lipinski definition) is 6. The van der Waals surface area contributed by atoms with Gasteiger partial charge in [-0.05, 0) is 0 Å². The lowest BCUT2D eigenvalue weighted by atomic mass is 10.5. The molecule has 0 aromatic carbocycles. The number of carboxylic acid groups (broad SMARTS) is 1. The zero-order chi connectivity index (χ0) is 30.8. The lowest BCUT2D eigenvalue weighted by Gasteiger charge is -2.22. The molecule has 2 aromatic heterocycles. The molecule has 0 atom stereocenters. The van der Waals surface area contributed by atoms with Crippen molar-refractivity contribution in [2.45, 2.75) is 43.9 Å². The fourth-order valence-corrected chi connectivity index (χ4v) is 3.50. The van der Waals surface area contributed by atoms with Crippen molar-refractivity contribution in [1.29, 1.82) is 0 Å². The monoisotopic (exact) mass is 615 g/mol. The summed E-state index contributed by atoms with van der Waals surface area (Å²) in [4.78, 5) is 15.0. The predicted octanol–water partition coefficient (Wildman–Crippen LogP) is 1.16. The van der Waals surface area contributed by atoms with E-state index in [1.54, 1.807) is 0 Å². The number of aromatic amines is 2. The molecule has 2 rings (SSSR count). The summed E-state index contributed by atoms with van der Waals surface area (Å²) in [6.45, 7) is 4.26. The molecule has 0 saturated carbocycles. The third-order valence-corrected chi connectivity index (χ3v) is 6.37. The van der Waals surface area contributed by atoms with Crippen LogP contribution in [0.1, 0.15) is 25.5 Å². The molecule has 0 fully saturated rings. The number of carbonyl (C=O) groups is 1. The van der Waals surface area contributed by atoms with Gasteiger partial charge in [0, 0.05) is 12.8 Å². The molecule has 22 heteroatoms. The molecule has 0 bridgehead atoms. The second-order valence-corrected chi connectivity index (χ2v) is 9.87. The summed E-state index contributed by atoms with van der Waals surface area (Å²) in [5.74, 6) is -0.470. The van der Waals surface area contributed by atoms with Crippen LogP contribution in [0.25, 0.3) is 4.13 Å². The van der Waals surface area contributed by atoms with E-state index in [0.717, 1.165) is 17.0 Å². The molecular formula is C16H22F9N5O6S2. The van der Waals surface area contributed by atoms with Gasteiger partial charge in [0.05, 0.1) is 14.1 Å². The standard InChI is InChI=1S/2C6H10N2.C2F6NO4S2.C2HF3O2/c2*1-3-6-7-4-5-8(6)2;3-1(4,5)14(10,11)9-15(12,13)2(6,7)8;3-2(4,5)1(6)7/h2*4-5H,3H2,1-2H3;;(H,6,7)/q;;-1;/p+1. The lowest BCUT2D eigenvalue weighted by molar-refractivity contribution is -0.677. The Morgan fingerprint density at radius 2 is 1.05 bits per heavy atom. The first-order valence-electron chi connectivity index (χ1n) is 9.52. The van der Waals surface area contributed by atoms with E-state index in [0.29, 0.717) is 0 Å². The molecule has 0 unspecified atom stereocenters. The number of aryl methyl sites for hydroxylation is 4. The van der Waals surface area contributed by atoms with Crippen LogP contribution >= 0.6 is 0 Å². The van der Waals surface area contributed by atoms with Gasteiger partial charge in [-0.25, -0.2) is 35.9 Å². The Bertz CT molecular complexity index is 1140. The molecule has 0 aliphatic carbocycles. The van der Waals surface area contributed by atoms with E-state index in [4.69, 9.17) is 9.90 Å². The maximum absolute atomic E-state index is 11.4. The van der Waals surface area contributed by atoms with Gasteiger partial charge < -0.3 is 14.0 Å². The number of nitrogens with one attached hydrogen (secondary N) is 2. The summed E-state index contributed by atoms with van der Waals surface area (Å²) in [6, 6.07) is 0. The molecule has 0 aliphatic rings. The van der Waals surface area contributed by atoms with Crippen molar-refractivity contribution >= 4 is 26.0 Å². The number of hydrogen-bond donors (Lipinski definition) is 2. The molecule has 2 N–H and O–H groups in total. The zero-order valence-corrected chi connectivity index (χ0v) is 21.4. The van der Waals surface area contributed by atoms with Gasteiger partial charge in [-0.15, -0.1) is 0 Å². The Balaban J connectivity index is 0. The summed E-state index contributed by atoms with van der Waals surface area (Å²) < 4.78 is 145. The number of aromatic nitrogens is 4. The highest BCUT2D eigenvalue weighted by Crippen LogP contribution is 2.36. The Morgan fingerprint density at radius 1 is 0.789 bits per heavy atom. The van der Waals surface area contributed by atoms with Gasteiger partial charge in [-0.1, -0.05) is 13.8 Å². The van der Waals surface area contributed by atoms with Crippen molar-refractivity contribution in [2.24, 2.45) is 14.1 Å². The largest absolute Gasteiger partial charge is 0.542 e. The zero-order valence-electron chi connectivity index (χ0n) is 19.7. The number of imidazole rings is 2. The Hall–Kier alpha value is -2.88. The molecule has 2 heterocycles. The number of carbonyl (C=O) groups excluding carboxylic acids is 1. The van der Waals surface area contributed by atoms with Gasteiger partial charge in [-0.2, -0.15) is 39.5 Å². The predicted molar refractivity (Wildman–Crippen MR) is 107 cm³/mol. The molecule has 38 heavy (non-hydrogen) atoms. The average Bonchev–Trinajstić information content (AvgIpc) is 3.33. The highest BCUT2D eigenvalue weighted by atomic mass is 32.3. The van der Waals surface area contributed by atoms with E-state index in [9.17, 15) is 56.3 Å². The number of sulfonamides is 2. The van der Waals surface area contributed by atoms with Crippen LogP contribution in [0.5, 0.6) is 0 Å². The molecular weight excluding hydrogens is 593 g/mol. The summed E-state index contributed by atoms with van der Waals surface area (Å²) in [7, 11) is -9.37. The minimum atomic E-state index is -6.72. The first kappa shape index (κ1) is 37.3. The van der Waals surface area contributed by atoms with Crippen LogP contribution in [0, 0.1) is 0 Å². The maximum Gasteiger partial charge on any atom is 0.480 e. The Kier molecular flexibility index (Phi) is 14.0. The van der Waals surface area contributed by atoms with E-state index in [1.807, 2.05) is 38.9 Å². The molecule has 0 saturated heterocycles. The number of H-pyrrole nitrogens is 2. The van der Waals surface area contributed by atoms with E-state index in [2.05, 4.69) is 32.9 Å². The Labute approximate surface area is 210 Å². The Morgan fingerprint density at radius 3 is 1.16 bits per heavy atom. The van der Waals surface area contributed by atoms with Gasteiger partial charge in [0.25, 0.3) is 11.6 Å². The second-order valence-electron chi connectivity index (χ2n) is 6.44. The van der Waals surface area contributed by atoms with E-state index in [1.165, 1.54) is 11.6 Å². The first-order chi connectivity index (χ1) is 16.8. The summed E-state index contributed by atoms with van der Waals surface area (Å²) in [6.07, 6.45) is 4.86. The normalized spacial score (nSPS) is 12.2. The van der Waals surface area contributed by atoms with Gasteiger partial charge in [0.15, 0.2) is 20.0 Å². The van der Waals surface area contributed by atoms with Crippen LogP contribution in [-0.4, -0.2) is 50.0 Å². The van der Waals surface area contributed by atoms with Gasteiger partial charge >= 0.3 is 17.2 Å². The molecule has 0 aliphatic heterocycles. The van der Waals surface area contributed by atoms with Crippen molar-refractivity contribution in [3.63, 3.8) is 0 Å². The first-order valence-corrected chi connectivity index (χ1v) is 12.4. The third-order valence-electron chi connectivity index (χ3n) is 3.63. The third kappa shape index (κ3) is 13.1. The van der Waals surface area contributed by atoms with Gasteiger partial charge in [0.2, 0.25) is 0 Å². The van der Waals surface area contributed by atoms with Crippen molar-refractivity contribution < 1.29 is 75.4 Å². The van der Waals surface area contributed by atoms with E-state index in [-0.39, 0.29) is 0 Å². The number of alkyl halides is 9. The van der Waals surface area contributed by atoms with Crippen molar-refractivity contribution in [3.05, 3.63) is 40.6 Å². The molecule has 0 radical (unpaired) electrons. The molecule has 0 amide bonds. The van der Waals surface area contributed by atoms with E-state index >= 15 is 0 Å². The minimum Gasteiger partial charge on any atom is -0.542 e. The van der Waals surface area contributed by atoms with Crippen molar-refractivity contribution in [3.8, 4) is 0 Å². The van der Waals surface area contributed by atoms with Gasteiger partial charge in [0.1, 0.15) is 30.8 Å². The van der Waals surface area contributed by atoms with Crippen LogP contribution in [0.3, 0.4) is 0 Å². The van der Waals surface area contributed by atoms with E-state index < -0.39 is 43.2 Å². The molecule has 11 nitrogen and oxygen atoms in total. The molecule has 0 spiro atoms. The van der Waals surface area contributed by atoms with Gasteiger partial charge in [-0.3, -0.25) is 0 Å². The van der Waals surface area contributed by atoms with Crippen molar-refractivity contribution in [2.75, 3.05) is 0 Å². The highest BCUT2D eigenvalue weighted by molar-refractivity contribution is 8.13. The molecule has 222 valence electrons. The van der Waals surface area contributed by atoms with Crippen LogP contribution in [-0.2, 0) is 51.8 Å². The number of rotatable bonds is 4. The number of aliphatic carboxylic acids is 1. The second kappa shape index (κ2) is 14.3. The number of halogens is 9. The lowest BCUT2D eigenvalue weighted by Crippen LogP contribution is -2.37. The number of carboxylic acids is 1. The quantitative estimate of drug-likeness (QED) is 0.388. The molecule has 2 aromatic rings. The van der Waals surface area contributed by atoms with Crippen LogP contribution in [0.2, 0.25) is 0 Å². The van der Waals surface area contributed by atoms with Crippen LogP contribution in [0.4, 0.5) is 39.5 Å². The fourth-order valence-electron chi connectivity index (χ4n) is 1.79. The maximum atomic E-state index is 11.4.